The molecule has 1 unspecified atom stereocenters. The number of piperidine rings is 3. The predicted molar refractivity (Wildman–Crippen MR) is 205 cm³/mol. The van der Waals surface area contributed by atoms with E-state index in [1.165, 1.54) is 19.6 Å². The molecular formula is C40H49F3N10O4. The van der Waals surface area contributed by atoms with Gasteiger partial charge in [-0.25, -0.2) is 19.9 Å². The first kappa shape index (κ1) is 38.8. The van der Waals surface area contributed by atoms with Crippen molar-refractivity contribution in [3.05, 3.63) is 59.3 Å². The Hall–Kier alpha value is -5.06. The Bertz CT molecular complexity index is 1950. The molecule has 3 amide bonds. The number of nitrogens with one attached hydrogen (secondary N) is 2. The molecule has 0 bridgehead atoms. The van der Waals surface area contributed by atoms with Crippen molar-refractivity contribution in [1.29, 1.82) is 0 Å². The first-order valence-electron chi connectivity index (χ1n) is 20.0. The summed E-state index contributed by atoms with van der Waals surface area (Å²) >= 11 is 0. The molecular weight excluding hydrogens is 742 g/mol. The van der Waals surface area contributed by atoms with Gasteiger partial charge in [-0.1, -0.05) is 6.07 Å². The second kappa shape index (κ2) is 16.4. The van der Waals surface area contributed by atoms with Gasteiger partial charge in [0.25, 0.3) is 0 Å². The monoisotopic (exact) mass is 790 g/mol. The Balaban J connectivity index is 0.784. The second-order valence-corrected chi connectivity index (χ2v) is 15.9. The van der Waals surface area contributed by atoms with Crippen molar-refractivity contribution < 1.29 is 32.3 Å². The molecule has 304 valence electrons. The van der Waals surface area contributed by atoms with Crippen LogP contribution >= 0.6 is 0 Å². The Morgan fingerprint density at radius 2 is 1.72 bits per heavy atom. The number of carbonyl (C=O) groups excluding carboxylic acids is 3. The van der Waals surface area contributed by atoms with Gasteiger partial charge in [0.05, 0.1) is 30.6 Å². The van der Waals surface area contributed by atoms with Crippen LogP contribution in [0.4, 0.5) is 30.5 Å². The molecule has 0 saturated carbocycles. The highest BCUT2D eigenvalue weighted by Crippen LogP contribution is 2.38. The minimum Gasteiger partial charge on any atom is -0.481 e. The maximum Gasteiger partial charge on any atom is 0.421 e. The van der Waals surface area contributed by atoms with Crippen molar-refractivity contribution >= 4 is 35.0 Å². The third kappa shape index (κ3) is 8.62. The third-order valence-corrected chi connectivity index (χ3v) is 12.3. The molecule has 3 aromatic rings. The average Bonchev–Trinajstić information content (AvgIpc) is 3.69. The number of fused-ring (bicyclic) bond motifs is 1. The maximum atomic E-state index is 13.7. The van der Waals surface area contributed by atoms with Gasteiger partial charge in [-0.05, 0) is 75.2 Å². The predicted octanol–water partition coefficient (Wildman–Crippen LogP) is 4.02. The van der Waals surface area contributed by atoms with E-state index in [4.69, 9.17) is 4.74 Å². The van der Waals surface area contributed by atoms with Crippen LogP contribution < -0.4 is 25.2 Å². The molecule has 14 nitrogen and oxygen atoms in total. The molecule has 4 fully saturated rings. The fourth-order valence-electron chi connectivity index (χ4n) is 9.07. The van der Waals surface area contributed by atoms with Crippen LogP contribution in [0.1, 0.15) is 73.2 Å². The maximum absolute atomic E-state index is 13.7. The van der Waals surface area contributed by atoms with Gasteiger partial charge in [0, 0.05) is 82.4 Å². The summed E-state index contributed by atoms with van der Waals surface area (Å²) in [5, 5.41) is 5.96. The number of nitrogens with zero attached hydrogens (tertiary/aromatic N) is 8. The van der Waals surface area contributed by atoms with E-state index in [1.807, 2.05) is 21.9 Å². The van der Waals surface area contributed by atoms with E-state index in [9.17, 15) is 27.6 Å². The number of pyridine rings is 2. The number of methoxy groups -OCH3 is 1. The van der Waals surface area contributed by atoms with Gasteiger partial charge in [0.1, 0.15) is 23.5 Å². The lowest BCUT2D eigenvalue weighted by molar-refractivity contribution is -0.139. The van der Waals surface area contributed by atoms with E-state index in [0.717, 1.165) is 93.5 Å². The Labute approximate surface area is 329 Å². The van der Waals surface area contributed by atoms with Crippen LogP contribution in [0, 0.1) is 11.8 Å². The van der Waals surface area contributed by atoms with Crippen molar-refractivity contribution in [3.8, 4) is 5.88 Å². The van der Waals surface area contributed by atoms with Gasteiger partial charge < -0.3 is 29.7 Å². The molecule has 0 spiro atoms. The smallest absolute Gasteiger partial charge is 0.421 e. The first-order chi connectivity index (χ1) is 27.5. The zero-order valence-electron chi connectivity index (χ0n) is 32.1. The van der Waals surface area contributed by atoms with E-state index >= 15 is 0 Å². The summed E-state index contributed by atoms with van der Waals surface area (Å²) in [4.78, 5) is 63.7. The lowest BCUT2D eigenvalue weighted by atomic mass is 9.91. The normalized spacial score (nSPS) is 22.7. The van der Waals surface area contributed by atoms with Crippen LogP contribution in [0.15, 0.2) is 36.9 Å². The molecule has 8 rings (SSSR count). The van der Waals surface area contributed by atoms with Crippen molar-refractivity contribution in [2.75, 3.05) is 74.6 Å². The number of amides is 3. The quantitative estimate of drug-likeness (QED) is 0.302. The molecule has 0 aliphatic carbocycles. The van der Waals surface area contributed by atoms with Gasteiger partial charge in [0.15, 0.2) is 0 Å². The number of likely N-dealkylation sites (tertiary alicyclic amines) is 2. The van der Waals surface area contributed by atoms with E-state index < -0.39 is 17.6 Å². The number of aromatic nitrogens is 4. The molecule has 8 heterocycles. The average molecular weight is 791 g/mol. The largest absolute Gasteiger partial charge is 0.481 e. The van der Waals surface area contributed by atoms with Gasteiger partial charge in [-0.3, -0.25) is 19.7 Å². The highest BCUT2D eigenvalue weighted by atomic mass is 19.4. The summed E-state index contributed by atoms with van der Waals surface area (Å²) in [6.07, 6.45) is 6.13. The lowest BCUT2D eigenvalue weighted by Gasteiger charge is -2.38. The highest BCUT2D eigenvalue weighted by Gasteiger charge is 2.38. The fraction of sp³-hybridized carbons (Fsp3) is 0.575. The standard InChI is InChI=1S/C40H49F3N10O4/c1-57-38-32(40(41,42)43)18-29(20-45-38)52-17-11-33-31(23-52)36(47-24-46-33)48-28-10-16-53(22-28)39(56)26-8-12-50(13-9-26)21-25-6-14-51(15-7-25)34-4-2-27(19-44-34)30-3-5-35(54)49-37(30)55/h2,4,18-20,24-26,28,30H,3,5-17,21-23H2,1H3,(H,46,47,48)(H,49,54,55)/t28-,30?/m0/s1. The molecule has 0 radical (unpaired) electrons. The molecule has 5 aliphatic heterocycles. The van der Waals surface area contributed by atoms with Crippen LogP contribution in [0.25, 0.3) is 0 Å². The van der Waals surface area contributed by atoms with Crippen molar-refractivity contribution in [2.45, 2.75) is 76.0 Å². The molecule has 5 aliphatic rings. The van der Waals surface area contributed by atoms with Crippen LogP contribution in [-0.4, -0.2) is 113 Å². The summed E-state index contributed by atoms with van der Waals surface area (Å²) in [6, 6.07) is 5.03. The van der Waals surface area contributed by atoms with Gasteiger partial charge in [-0.15, -0.1) is 0 Å². The van der Waals surface area contributed by atoms with Gasteiger partial charge in [0.2, 0.25) is 23.6 Å². The van der Waals surface area contributed by atoms with Crippen molar-refractivity contribution in [2.24, 2.45) is 11.8 Å². The number of hydrogen-bond acceptors (Lipinski definition) is 12. The molecule has 3 aromatic heterocycles. The van der Waals surface area contributed by atoms with E-state index in [1.54, 1.807) is 6.20 Å². The molecule has 57 heavy (non-hydrogen) atoms. The fourth-order valence-corrected chi connectivity index (χ4v) is 9.07. The van der Waals surface area contributed by atoms with E-state index in [-0.39, 0.29) is 35.6 Å². The number of alkyl halides is 3. The minimum absolute atomic E-state index is 0.00671. The van der Waals surface area contributed by atoms with Crippen LogP contribution in [0.5, 0.6) is 5.88 Å². The summed E-state index contributed by atoms with van der Waals surface area (Å²) in [5.74, 6) is 1.13. The van der Waals surface area contributed by atoms with E-state index in [2.05, 4.69) is 40.4 Å². The number of carbonyl (C=O) groups is 3. The van der Waals surface area contributed by atoms with Crippen LogP contribution in [0.3, 0.4) is 0 Å². The zero-order valence-corrected chi connectivity index (χ0v) is 32.1. The topological polar surface area (TPSA) is 149 Å². The Kier molecular flexibility index (Phi) is 11.2. The zero-order chi connectivity index (χ0) is 39.7. The number of rotatable bonds is 9. The summed E-state index contributed by atoms with van der Waals surface area (Å²) in [6.45, 7) is 6.76. The summed E-state index contributed by atoms with van der Waals surface area (Å²) in [7, 11) is 1.17. The van der Waals surface area contributed by atoms with E-state index in [0.29, 0.717) is 62.9 Å². The third-order valence-electron chi connectivity index (χ3n) is 12.3. The number of hydrogen-bond donors (Lipinski definition) is 2. The minimum atomic E-state index is -4.60. The molecule has 0 aromatic carbocycles. The SMILES string of the molecule is COc1ncc(N2CCc3ncnc(N[C@H]4CCN(C(=O)C5CCN(CC6CCN(c7ccc(C8CCC(=O)NC8=O)cn7)CC6)CC5)C4)c3C2)cc1C(F)(F)F. The number of ether oxygens (including phenoxy) is 1. The lowest BCUT2D eigenvalue weighted by Crippen LogP contribution is -2.45. The molecule has 17 heteroatoms. The van der Waals surface area contributed by atoms with Gasteiger partial charge >= 0.3 is 6.18 Å². The number of anilines is 3. The number of halogens is 3. The summed E-state index contributed by atoms with van der Waals surface area (Å²) < 4.78 is 46.0. The molecule has 2 atom stereocenters. The molecule has 2 N–H and O–H groups in total. The Morgan fingerprint density at radius 1 is 0.912 bits per heavy atom. The first-order valence-corrected chi connectivity index (χ1v) is 20.0. The second-order valence-electron chi connectivity index (χ2n) is 15.9. The summed E-state index contributed by atoms with van der Waals surface area (Å²) in [5.41, 5.74) is 1.98. The Morgan fingerprint density at radius 3 is 2.44 bits per heavy atom. The highest BCUT2D eigenvalue weighted by molar-refractivity contribution is 6.00. The van der Waals surface area contributed by atoms with Crippen LogP contribution in [-0.2, 0) is 33.5 Å². The van der Waals surface area contributed by atoms with Gasteiger partial charge in [-0.2, -0.15) is 13.2 Å². The van der Waals surface area contributed by atoms with Crippen LogP contribution in [0.2, 0.25) is 0 Å². The van der Waals surface area contributed by atoms with Crippen molar-refractivity contribution in [3.63, 3.8) is 0 Å². The van der Waals surface area contributed by atoms with Crippen molar-refractivity contribution in [1.82, 2.24) is 35.1 Å². The molecule has 4 saturated heterocycles. The number of imide groups is 1.